The predicted molar refractivity (Wildman–Crippen MR) is 35.3 cm³/mol. The van der Waals surface area contributed by atoms with Crippen molar-refractivity contribution in [3.8, 4) is 11.5 Å². The average Bonchev–Trinajstić information content (AvgIpc) is 2.44. The molecule has 10 heavy (non-hydrogen) atoms. The Hall–Kier alpha value is -1.58. The third kappa shape index (κ3) is 0.500. The van der Waals surface area contributed by atoms with E-state index in [0.29, 0.717) is 5.82 Å². The maximum atomic E-state index is 4.79. The van der Waals surface area contributed by atoms with Crippen molar-refractivity contribution in [3.63, 3.8) is 0 Å². The summed E-state index contributed by atoms with van der Waals surface area (Å²) in [6.45, 7) is 3.53. The first-order valence-corrected chi connectivity index (χ1v) is 2.83. The highest BCUT2D eigenvalue weighted by Crippen LogP contribution is 2.16. The summed E-state index contributed by atoms with van der Waals surface area (Å²) in [6.07, 6.45) is 3.21. The molecule has 0 aromatic heterocycles. The Bertz CT molecular complexity index is 322. The molecule has 0 aromatic rings. The fourth-order valence-corrected chi connectivity index (χ4v) is 0.820. The SMILES string of the molecule is C=Cn1onc2nccc1-2. The highest BCUT2D eigenvalue weighted by Gasteiger charge is 2.11. The number of aromatic nitrogens is 3. The summed E-state index contributed by atoms with van der Waals surface area (Å²) in [4.78, 5) is 3.91. The van der Waals surface area contributed by atoms with Gasteiger partial charge in [-0.25, -0.2) is 4.98 Å². The summed E-state index contributed by atoms with van der Waals surface area (Å²) in [5.41, 5.74) is 0.843. The maximum Gasteiger partial charge on any atom is 0.222 e. The van der Waals surface area contributed by atoms with E-state index < -0.39 is 0 Å². The molecule has 2 heterocycles. The second-order valence-corrected chi connectivity index (χ2v) is 1.83. The van der Waals surface area contributed by atoms with E-state index in [4.69, 9.17) is 4.63 Å². The molecule has 0 aromatic carbocycles. The van der Waals surface area contributed by atoms with Gasteiger partial charge in [0.1, 0.15) is 5.69 Å². The molecule has 0 saturated heterocycles. The fraction of sp³-hybridized carbons (Fsp3) is 0. The molecule has 0 saturated carbocycles. The molecule has 0 radical (unpaired) electrons. The lowest BCUT2D eigenvalue weighted by Crippen LogP contribution is -1.81. The van der Waals surface area contributed by atoms with Gasteiger partial charge < -0.3 is 0 Å². The van der Waals surface area contributed by atoms with Gasteiger partial charge in [0.2, 0.25) is 5.82 Å². The number of nitrogens with zero attached hydrogens (tertiary/aromatic N) is 3. The Kier molecular flexibility index (Phi) is 0.887. The highest BCUT2D eigenvalue weighted by atomic mass is 16.6. The average molecular weight is 135 g/mol. The number of fused-ring (bicyclic) bond motifs is 1. The van der Waals surface area contributed by atoms with Gasteiger partial charge in [-0.2, -0.15) is 4.74 Å². The van der Waals surface area contributed by atoms with E-state index in [2.05, 4.69) is 16.7 Å². The van der Waals surface area contributed by atoms with E-state index in [9.17, 15) is 0 Å². The maximum absolute atomic E-state index is 4.79. The van der Waals surface area contributed by atoms with Crippen LogP contribution in [0.25, 0.3) is 17.7 Å². The molecule has 0 aliphatic carbocycles. The van der Waals surface area contributed by atoms with Gasteiger partial charge in [0.15, 0.2) is 0 Å². The van der Waals surface area contributed by atoms with Gasteiger partial charge in [-0.3, -0.25) is 4.63 Å². The highest BCUT2D eigenvalue weighted by molar-refractivity contribution is 5.52. The third-order valence-electron chi connectivity index (χ3n) is 1.28. The predicted octanol–water partition coefficient (Wildman–Crippen LogP) is 1.08. The van der Waals surface area contributed by atoms with Gasteiger partial charge in [0, 0.05) is 12.4 Å². The van der Waals surface area contributed by atoms with Crippen molar-refractivity contribution in [2.45, 2.75) is 0 Å². The monoisotopic (exact) mass is 135 g/mol. The molecule has 4 heteroatoms. The van der Waals surface area contributed by atoms with Crippen LogP contribution < -0.4 is 0 Å². The fourth-order valence-electron chi connectivity index (χ4n) is 0.820. The number of hydrogen-bond donors (Lipinski definition) is 0. The second-order valence-electron chi connectivity index (χ2n) is 1.83. The van der Waals surface area contributed by atoms with Crippen molar-refractivity contribution in [2.75, 3.05) is 0 Å². The van der Waals surface area contributed by atoms with Crippen molar-refractivity contribution >= 4 is 6.20 Å². The standard InChI is InChI=1S/C6H5N3O/c1-2-9-5-3-4-7-6(5)8-10-9/h2-4H,1H2. The van der Waals surface area contributed by atoms with Crippen LogP contribution in [-0.4, -0.2) is 14.9 Å². The van der Waals surface area contributed by atoms with Crippen molar-refractivity contribution < 1.29 is 4.63 Å². The van der Waals surface area contributed by atoms with Crippen molar-refractivity contribution in [2.24, 2.45) is 0 Å². The van der Waals surface area contributed by atoms with E-state index in [1.807, 2.05) is 6.07 Å². The summed E-state index contributed by atoms with van der Waals surface area (Å²) in [5.74, 6) is 0.611. The molecule has 0 fully saturated rings. The zero-order valence-corrected chi connectivity index (χ0v) is 5.19. The van der Waals surface area contributed by atoms with Crippen LogP contribution in [0.4, 0.5) is 0 Å². The van der Waals surface area contributed by atoms with Gasteiger partial charge >= 0.3 is 0 Å². The van der Waals surface area contributed by atoms with Crippen LogP contribution in [0.15, 0.2) is 23.5 Å². The quantitative estimate of drug-likeness (QED) is 0.587. The summed E-state index contributed by atoms with van der Waals surface area (Å²) in [5, 5.41) is 3.66. The largest absolute Gasteiger partial charge is 0.261 e. The van der Waals surface area contributed by atoms with Gasteiger partial charge in [-0.1, -0.05) is 6.58 Å². The zero-order chi connectivity index (χ0) is 6.97. The van der Waals surface area contributed by atoms with Crippen molar-refractivity contribution in [1.82, 2.24) is 14.9 Å². The summed E-state index contributed by atoms with van der Waals surface area (Å²) >= 11 is 0. The molecule has 0 spiro atoms. The first-order chi connectivity index (χ1) is 4.92. The minimum absolute atomic E-state index is 0.611. The number of rotatable bonds is 1. The van der Waals surface area contributed by atoms with E-state index in [1.54, 1.807) is 6.20 Å². The first-order valence-electron chi connectivity index (χ1n) is 2.83. The van der Waals surface area contributed by atoms with Crippen LogP contribution in [0.2, 0.25) is 0 Å². The molecule has 0 N–H and O–H groups in total. The van der Waals surface area contributed by atoms with Gasteiger partial charge in [-0.05, 0) is 11.2 Å². The van der Waals surface area contributed by atoms with Gasteiger partial charge in [0.05, 0.1) is 0 Å². The van der Waals surface area contributed by atoms with E-state index in [-0.39, 0.29) is 0 Å². The smallest absolute Gasteiger partial charge is 0.222 e. The molecular weight excluding hydrogens is 130 g/mol. The minimum atomic E-state index is 0.611. The minimum Gasteiger partial charge on any atom is -0.261 e. The molecule has 0 amide bonds. The lowest BCUT2D eigenvalue weighted by Gasteiger charge is -1.85. The van der Waals surface area contributed by atoms with Crippen LogP contribution in [-0.2, 0) is 0 Å². The van der Waals surface area contributed by atoms with Crippen molar-refractivity contribution in [3.05, 3.63) is 18.8 Å². The molecule has 2 rings (SSSR count). The molecule has 2 aliphatic heterocycles. The first kappa shape index (κ1) is 5.22. The Morgan fingerprint density at radius 1 is 1.70 bits per heavy atom. The summed E-state index contributed by atoms with van der Waals surface area (Å²) < 4.78 is 6.25. The molecule has 0 atom stereocenters. The molecule has 0 unspecified atom stereocenters. The summed E-state index contributed by atoms with van der Waals surface area (Å²) in [6, 6.07) is 1.81. The normalized spacial score (nSPS) is 10.4. The summed E-state index contributed by atoms with van der Waals surface area (Å²) in [7, 11) is 0. The Balaban J connectivity index is 2.71. The Morgan fingerprint density at radius 3 is 3.40 bits per heavy atom. The van der Waals surface area contributed by atoms with E-state index in [1.165, 1.54) is 10.9 Å². The Labute approximate surface area is 57.1 Å². The molecular formula is C6H5N3O. The molecule has 0 bridgehead atoms. The van der Waals surface area contributed by atoms with E-state index >= 15 is 0 Å². The topological polar surface area (TPSA) is 43.9 Å². The molecule has 2 aliphatic rings. The van der Waals surface area contributed by atoms with Crippen LogP contribution in [0.1, 0.15) is 0 Å². The zero-order valence-electron chi connectivity index (χ0n) is 5.19. The van der Waals surface area contributed by atoms with Crippen LogP contribution in [0, 0.1) is 0 Å². The lowest BCUT2D eigenvalue weighted by atomic mass is 10.4. The number of hydrogen-bond acceptors (Lipinski definition) is 3. The third-order valence-corrected chi connectivity index (χ3v) is 1.28. The lowest BCUT2D eigenvalue weighted by molar-refractivity contribution is 0.268. The van der Waals surface area contributed by atoms with Crippen molar-refractivity contribution in [1.29, 1.82) is 0 Å². The van der Waals surface area contributed by atoms with Crippen LogP contribution >= 0.6 is 0 Å². The van der Waals surface area contributed by atoms with Gasteiger partial charge in [0.25, 0.3) is 0 Å². The van der Waals surface area contributed by atoms with Crippen LogP contribution in [0.5, 0.6) is 0 Å². The van der Waals surface area contributed by atoms with Gasteiger partial charge in [-0.15, -0.1) is 0 Å². The molecule has 4 nitrogen and oxygen atoms in total. The Morgan fingerprint density at radius 2 is 2.60 bits per heavy atom. The van der Waals surface area contributed by atoms with Crippen LogP contribution in [0.3, 0.4) is 0 Å². The second kappa shape index (κ2) is 1.70. The molecule has 50 valence electrons. The van der Waals surface area contributed by atoms with E-state index in [0.717, 1.165) is 5.69 Å².